The molecule has 1 amide bonds. The minimum atomic E-state index is -0.223. The standard InChI is InChI=1S/C15H29N3O/c1-2-3-9-18-10-5-13(6-11-18)17-14(19)15(12-16)7-4-8-15/h13H,2-12,16H2,1H3,(H,17,19). The monoisotopic (exact) mass is 267 g/mol. The van der Waals surface area contributed by atoms with Gasteiger partial charge in [0.05, 0.1) is 5.41 Å². The summed E-state index contributed by atoms with van der Waals surface area (Å²) in [6, 6.07) is 0.370. The number of amides is 1. The third-order valence-corrected chi connectivity index (χ3v) is 4.93. The van der Waals surface area contributed by atoms with Crippen molar-refractivity contribution in [3.8, 4) is 0 Å². The summed E-state index contributed by atoms with van der Waals surface area (Å²) in [6.07, 6.45) is 7.84. The van der Waals surface area contributed by atoms with Crippen LogP contribution in [0.4, 0.5) is 0 Å². The molecule has 0 radical (unpaired) electrons. The molecule has 0 aromatic carbocycles. The molecular weight excluding hydrogens is 238 g/mol. The zero-order valence-electron chi connectivity index (χ0n) is 12.3. The number of nitrogens with zero attached hydrogens (tertiary/aromatic N) is 1. The van der Waals surface area contributed by atoms with Crippen molar-refractivity contribution in [2.75, 3.05) is 26.2 Å². The van der Waals surface area contributed by atoms with Gasteiger partial charge in [0.25, 0.3) is 0 Å². The third kappa shape index (κ3) is 3.48. The fourth-order valence-electron chi connectivity index (χ4n) is 3.15. The van der Waals surface area contributed by atoms with Crippen molar-refractivity contribution in [2.24, 2.45) is 11.1 Å². The van der Waals surface area contributed by atoms with Crippen molar-refractivity contribution in [1.82, 2.24) is 10.2 Å². The summed E-state index contributed by atoms with van der Waals surface area (Å²) in [5.41, 5.74) is 5.56. The van der Waals surface area contributed by atoms with Gasteiger partial charge in [-0.25, -0.2) is 0 Å². The molecule has 0 unspecified atom stereocenters. The molecule has 4 heteroatoms. The molecule has 1 aliphatic carbocycles. The number of hydrogen-bond acceptors (Lipinski definition) is 3. The molecule has 19 heavy (non-hydrogen) atoms. The zero-order valence-corrected chi connectivity index (χ0v) is 12.3. The lowest BCUT2D eigenvalue weighted by molar-refractivity contribution is -0.136. The van der Waals surface area contributed by atoms with Gasteiger partial charge in [-0.1, -0.05) is 19.8 Å². The van der Waals surface area contributed by atoms with Gasteiger partial charge in [0.1, 0.15) is 0 Å². The largest absolute Gasteiger partial charge is 0.353 e. The number of carbonyl (C=O) groups excluding carboxylic acids is 1. The average molecular weight is 267 g/mol. The van der Waals surface area contributed by atoms with Crippen LogP contribution in [0.2, 0.25) is 0 Å². The molecular formula is C15H29N3O. The molecule has 1 heterocycles. The lowest BCUT2D eigenvalue weighted by Gasteiger charge is -2.41. The number of nitrogens with two attached hydrogens (primary N) is 1. The van der Waals surface area contributed by atoms with Crippen molar-refractivity contribution in [2.45, 2.75) is 57.9 Å². The van der Waals surface area contributed by atoms with Crippen LogP contribution in [0.1, 0.15) is 51.9 Å². The summed E-state index contributed by atoms with van der Waals surface area (Å²) in [4.78, 5) is 14.8. The van der Waals surface area contributed by atoms with Gasteiger partial charge in [-0.05, 0) is 38.6 Å². The van der Waals surface area contributed by atoms with E-state index in [9.17, 15) is 4.79 Å². The van der Waals surface area contributed by atoms with Crippen molar-refractivity contribution < 1.29 is 4.79 Å². The van der Waals surface area contributed by atoms with Crippen LogP contribution in [0, 0.1) is 5.41 Å². The van der Waals surface area contributed by atoms with Gasteiger partial charge in [0, 0.05) is 25.7 Å². The highest BCUT2D eigenvalue weighted by Crippen LogP contribution is 2.40. The Labute approximate surface area is 117 Å². The van der Waals surface area contributed by atoms with E-state index in [1.54, 1.807) is 0 Å². The third-order valence-electron chi connectivity index (χ3n) is 4.93. The van der Waals surface area contributed by atoms with E-state index >= 15 is 0 Å². The Bertz CT molecular complexity index is 288. The maximum Gasteiger partial charge on any atom is 0.227 e. The van der Waals surface area contributed by atoms with Gasteiger partial charge in [-0.15, -0.1) is 0 Å². The van der Waals surface area contributed by atoms with Crippen LogP contribution in [0.3, 0.4) is 0 Å². The second-order valence-electron chi connectivity index (χ2n) is 6.28. The Morgan fingerprint density at radius 3 is 2.53 bits per heavy atom. The average Bonchev–Trinajstić information content (AvgIpc) is 2.37. The predicted octanol–water partition coefficient (Wildman–Crippen LogP) is 1.50. The predicted molar refractivity (Wildman–Crippen MR) is 77.9 cm³/mol. The van der Waals surface area contributed by atoms with E-state index in [-0.39, 0.29) is 11.3 Å². The highest BCUT2D eigenvalue weighted by molar-refractivity contribution is 5.84. The molecule has 0 bridgehead atoms. The van der Waals surface area contributed by atoms with E-state index in [0.717, 1.165) is 45.2 Å². The smallest absolute Gasteiger partial charge is 0.227 e. The first kappa shape index (κ1) is 14.8. The molecule has 1 saturated carbocycles. The van der Waals surface area contributed by atoms with Gasteiger partial charge >= 0.3 is 0 Å². The van der Waals surface area contributed by atoms with E-state index in [1.165, 1.54) is 19.4 Å². The topological polar surface area (TPSA) is 58.4 Å². The molecule has 0 aromatic rings. The first-order chi connectivity index (χ1) is 9.20. The minimum Gasteiger partial charge on any atom is -0.353 e. The summed E-state index contributed by atoms with van der Waals surface area (Å²) in [5, 5.41) is 3.24. The van der Waals surface area contributed by atoms with Crippen LogP contribution < -0.4 is 11.1 Å². The lowest BCUT2D eigenvalue weighted by atomic mass is 9.68. The number of hydrogen-bond donors (Lipinski definition) is 2. The zero-order chi connectivity index (χ0) is 13.7. The quantitative estimate of drug-likeness (QED) is 0.766. The van der Waals surface area contributed by atoms with E-state index in [1.807, 2.05) is 0 Å². The van der Waals surface area contributed by atoms with E-state index in [4.69, 9.17) is 5.73 Å². The molecule has 110 valence electrons. The van der Waals surface area contributed by atoms with E-state index < -0.39 is 0 Å². The van der Waals surface area contributed by atoms with Gasteiger partial charge < -0.3 is 16.0 Å². The van der Waals surface area contributed by atoms with E-state index in [0.29, 0.717) is 12.6 Å². The molecule has 2 fully saturated rings. The number of carbonyl (C=O) groups is 1. The van der Waals surface area contributed by atoms with Gasteiger partial charge in [0.2, 0.25) is 5.91 Å². The van der Waals surface area contributed by atoms with Crippen LogP contribution in [-0.2, 0) is 4.79 Å². The summed E-state index contributed by atoms with van der Waals surface area (Å²) >= 11 is 0. The Morgan fingerprint density at radius 1 is 1.37 bits per heavy atom. The Morgan fingerprint density at radius 2 is 2.05 bits per heavy atom. The van der Waals surface area contributed by atoms with Crippen molar-refractivity contribution >= 4 is 5.91 Å². The van der Waals surface area contributed by atoms with Crippen LogP contribution in [0.5, 0.6) is 0 Å². The molecule has 0 aromatic heterocycles. The summed E-state index contributed by atoms with van der Waals surface area (Å²) < 4.78 is 0. The van der Waals surface area contributed by atoms with Crippen LogP contribution >= 0.6 is 0 Å². The van der Waals surface area contributed by atoms with Gasteiger partial charge in [-0.2, -0.15) is 0 Å². The molecule has 0 spiro atoms. The molecule has 2 rings (SSSR count). The molecule has 4 nitrogen and oxygen atoms in total. The lowest BCUT2D eigenvalue weighted by Crippen LogP contribution is -2.54. The number of rotatable bonds is 6. The Kier molecular flexibility index (Phi) is 5.22. The van der Waals surface area contributed by atoms with Gasteiger partial charge in [-0.3, -0.25) is 4.79 Å². The molecule has 2 aliphatic rings. The molecule has 1 saturated heterocycles. The number of piperidine rings is 1. The number of unbranched alkanes of at least 4 members (excludes halogenated alkanes) is 1. The highest BCUT2D eigenvalue weighted by atomic mass is 16.2. The maximum absolute atomic E-state index is 12.3. The SMILES string of the molecule is CCCCN1CCC(NC(=O)C2(CN)CCC2)CC1. The van der Waals surface area contributed by atoms with Gasteiger partial charge in [0.15, 0.2) is 0 Å². The fourth-order valence-corrected chi connectivity index (χ4v) is 3.15. The second-order valence-corrected chi connectivity index (χ2v) is 6.28. The summed E-state index contributed by atoms with van der Waals surface area (Å²) in [7, 11) is 0. The maximum atomic E-state index is 12.3. The normalized spacial score (nSPS) is 23.9. The summed E-state index contributed by atoms with van der Waals surface area (Å²) in [6.45, 7) is 6.21. The van der Waals surface area contributed by atoms with Crippen molar-refractivity contribution in [3.05, 3.63) is 0 Å². The van der Waals surface area contributed by atoms with Crippen LogP contribution in [-0.4, -0.2) is 43.0 Å². The summed E-state index contributed by atoms with van der Waals surface area (Å²) in [5.74, 6) is 0.216. The Balaban J connectivity index is 1.72. The van der Waals surface area contributed by atoms with Crippen molar-refractivity contribution in [3.63, 3.8) is 0 Å². The fraction of sp³-hybridized carbons (Fsp3) is 0.933. The number of nitrogens with one attached hydrogen (secondary N) is 1. The Hall–Kier alpha value is -0.610. The molecule has 1 aliphatic heterocycles. The molecule has 3 N–H and O–H groups in total. The first-order valence-electron chi connectivity index (χ1n) is 7.93. The molecule has 0 atom stereocenters. The second kappa shape index (κ2) is 6.71. The van der Waals surface area contributed by atoms with Crippen molar-refractivity contribution in [1.29, 1.82) is 0 Å². The number of likely N-dealkylation sites (tertiary alicyclic amines) is 1. The van der Waals surface area contributed by atoms with Crippen LogP contribution in [0.25, 0.3) is 0 Å². The van der Waals surface area contributed by atoms with E-state index in [2.05, 4.69) is 17.1 Å². The first-order valence-corrected chi connectivity index (χ1v) is 7.93. The van der Waals surface area contributed by atoms with Crippen LogP contribution in [0.15, 0.2) is 0 Å². The minimum absolute atomic E-state index is 0.216. The highest BCUT2D eigenvalue weighted by Gasteiger charge is 2.43.